The fourth-order valence-electron chi connectivity index (χ4n) is 2.63. The van der Waals surface area contributed by atoms with Gasteiger partial charge in [0.05, 0.1) is 11.7 Å². The zero-order chi connectivity index (χ0) is 12.9. The molecule has 0 radical (unpaired) electrons. The molecular weight excluding hydrogens is 212 g/mol. The maximum Gasteiger partial charge on any atom is 0.0757 e. The second-order valence-corrected chi connectivity index (χ2v) is 6.07. The molecule has 0 aromatic heterocycles. The van der Waals surface area contributed by atoms with E-state index in [-0.39, 0.29) is 5.60 Å². The molecule has 3 nitrogen and oxygen atoms in total. The average Bonchev–Trinajstić information content (AvgIpc) is 2.20. The van der Waals surface area contributed by atoms with Gasteiger partial charge in [0.25, 0.3) is 0 Å². The highest BCUT2D eigenvalue weighted by Crippen LogP contribution is 2.20. The average molecular weight is 242 g/mol. The molecule has 1 rings (SSSR count). The first-order valence-corrected chi connectivity index (χ1v) is 7.06. The Hall–Kier alpha value is -0.120. The lowest BCUT2D eigenvalue weighted by Gasteiger charge is -2.42. The topological polar surface area (TPSA) is 24.5 Å². The van der Waals surface area contributed by atoms with Gasteiger partial charge >= 0.3 is 0 Å². The van der Waals surface area contributed by atoms with Gasteiger partial charge in [0.1, 0.15) is 0 Å². The largest absolute Gasteiger partial charge is 0.370 e. The van der Waals surface area contributed by atoms with Crippen LogP contribution in [0.3, 0.4) is 0 Å². The summed E-state index contributed by atoms with van der Waals surface area (Å²) < 4.78 is 5.92. The van der Waals surface area contributed by atoms with Gasteiger partial charge in [-0.05, 0) is 53.6 Å². The third-order valence-corrected chi connectivity index (χ3v) is 3.26. The van der Waals surface area contributed by atoms with Crippen molar-refractivity contribution in [3.8, 4) is 0 Å². The van der Waals surface area contributed by atoms with Crippen molar-refractivity contribution in [2.45, 2.75) is 65.2 Å². The van der Waals surface area contributed by atoms with Crippen LogP contribution >= 0.6 is 0 Å². The minimum atomic E-state index is 0.0117. The molecule has 1 aliphatic rings. The summed E-state index contributed by atoms with van der Waals surface area (Å²) in [7, 11) is 0. The van der Waals surface area contributed by atoms with Crippen LogP contribution in [0.5, 0.6) is 0 Å². The van der Waals surface area contributed by atoms with Crippen LogP contribution in [0.25, 0.3) is 0 Å². The molecule has 0 aliphatic carbocycles. The quantitative estimate of drug-likeness (QED) is 0.773. The molecule has 1 saturated heterocycles. The van der Waals surface area contributed by atoms with Gasteiger partial charge in [-0.1, -0.05) is 6.92 Å². The van der Waals surface area contributed by atoms with Crippen molar-refractivity contribution >= 4 is 0 Å². The van der Waals surface area contributed by atoms with Gasteiger partial charge in [0.2, 0.25) is 0 Å². The molecule has 17 heavy (non-hydrogen) atoms. The Kier molecular flexibility index (Phi) is 5.90. The third kappa shape index (κ3) is 5.84. The Morgan fingerprint density at radius 2 is 2.18 bits per heavy atom. The van der Waals surface area contributed by atoms with Crippen LogP contribution in [0, 0.1) is 0 Å². The Balaban J connectivity index is 2.26. The summed E-state index contributed by atoms with van der Waals surface area (Å²) in [5.41, 5.74) is 0.0117. The van der Waals surface area contributed by atoms with Crippen LogP contribution < -0.4 is 5.32 Å². The van der Waals surface area contributed by atoms with Gasteiger partial charge in [0.15, 0.2) is 0 Å². The van der Waals surface area contributed by atoms with Crippen LogP contribution in [-0.4, -0.2) is 48.8 Å². The minimum Gasteiger partial charge on any atom is -0.370 e. The van der Waals surface area contributed by atoms with Crippen molar-refractivity contribution in [3.05, 3.63) is 0 Å². The van der Waals surface area contributed by atoms with Gasteiger partial charge in [-0.2, -0.15) is 0 Å². The monoisotopic (exact) mass is 242 g/mol. The van der Waals surface area contributed by atoms with Gasteiger partial charge < -0.3 is 10.1 Å². The summed E-state index contributed by atoms with van der Waals surface area (Å²) in [5, 5.41) is 3.55. The highest BCUT2D eigenvalue weighted by atomic mass is 16.5. The normalized spacial score (nSPS) is 27.0. The zero-order valence-corrected chi connectivity index (χ0v) is 12.3. The number of hydrogen-bond donors (Lipinski definition) is 1. The second kappa shape index (κ2) is 6.72. The van der Waals surface area contributed by atoms with E-state index in [9.17, 15) is 0 Å². The minimum absolute atomic E-state index is 0.0117. The fraction of sp³-hybridized carbons (Fsp3) is 1.00. The smallest absolute Gasteiger partial charge is 0.0757 e. The van der Waals surface area contributed by atoms with Crippen molar-refractivity contribution in [1.82, 2.24) is 10.2 Å². The SMILES string of the molecule is CCCNC(C)CCN1CC(C)OC(C)(C)C1. The fourth-order valence-corrected chi connectivity index (χ4v) is 2.63. The lowest BCUT2D eigenvalue weighted by Crippen LogP contribution is -2.52. The molecule has 0 saturated carbocycles. The van der Waals surface area contributed by atoms with Crippen LogP contribution in [0.4, 0.5) is 0 Å². The van der Waals surface area contributed by atoms with Crippen LogP contribution in [0.2, 0.25) is 0 Å². The predicted octanol–water partition coefficient (Wildman–Crippen LogP) is 2.26. The molecule has 0 amide bonds. The molecule has 1 heterocycles. The van der Waals surface area contributed by atoms with Crippen molar-refractivity contribution in [2.75, 3.05) is 26.2 Å². The van der Waals surface area contributed by atoms with Gasteiger partial charge in [0, 0.05) is 19.1 Å². The van der Waals surface area contributed by atoms with E-state index in [1.54, 1.807) is 0 Å². The lowest BCUT2D eigenvalue weighted by molar-refractivity contribution is -0.129. The first-order valence-electron chi connectivity index (χ1n) is 7.06. The number of nitrogens with zero attached hydrogens (tertiary/aromatic N) is 1. The predicted molar refractivity (Wildman–Crippen MR) is 73.4 cm³/mol. The number of morpholine rings is 1. The molecule has 1 N–H and O–H groups in total. The molecule has 0 aromatic rings. The van der Waals surface area contributed by atoms with E-state index < -0.39 is 0 Å². The maximum atomic E-state index is 5.92. The van der Waals surface area contributed by atoms with Crippen molar-refractivity contribution in [3.63, 3.8) is 0 Å². The molecule has 1 fully saturated rings. The standard InChI is InChI=1S/C14H30N2O/c1-6-8-15-12(2)7-9-16-10-13(3)17-14(4,5)11-16/h12-13,15H,6-11H2,1-5H3. The summed E-state index contributed by atoms with van der Waals surface area (Å²) in [4.78, 5) is 2.54. The zero-order valence-electron chi connectivity index (χ0n) is 12.3. The third-order valence-electron chi connectivity index (χ3n) is 3.26. The second-order valence-electron chi connectivity index (χ2n) is 6.07. The molecule has 0 spiro atoms. The Bertz CT molecular complexity index is 218. The van der Waals surface area contributed by atoms with Gasteiger partial charge in [-0.3, -0.25) is 4.90 Å². The Morgan fingerprint density at radius 1 is 1.47 bits per heavy atom. The first kappa shape index (κ1) is 14.9. The molecule has 3 heteroatoms. The molecular formula is C14H30N2O. The maximum absolute atomic E-state index is 5.92. The molecule has 0 aromatic carbocycles. The van der Waals surface area contributed by atoms with E-state index in [0.717, 1.165) is 19.6 Å². The first-order chi connectivity index (χ1) is 7.93. The number of nitrogens with one attached hydrogen (secondary N) is 1. The van der Waals surface area contributed by atoms with E-state index in [0.29, 0.717) is 12.1 Å². The summed E-state index contributed by atoms with van der Waals surface area (Å²) in [5.74, 6) is 0. The van der Waals surface area contributed by atoms with Crippen LogP contribution in [0.15, 0.2) is 0 Å². The van der Waals surface area contributed by atoms with Gasteiger partial charge in [-0.25, -0.2) is 0 Å². The lowest BCUT2D eigenvalue weighted by atomic mass is 10.0. The molecule has 1 aliphatic heterocycles. The van der Waals surface area contributed by atoms with E-state index >= 15 is 0 Å². The molecule has 2 unspecified atom stereocenters. The summed E-state index contributed by atoms with van der Waals surface area (Å²) in [6, 6.07) is 0.621. The van der Waals surface area contributed by atoms with E-state index in [1.165, 1.54) is 19.4 Å². The van der Waals surface area contributed by atoms with Crippen molar-refractivity contribution in [1.29, 1.82) is 0 Å². The van der Waals surface area contributed by atoms with E-state index in [1.807, 2.05) is 0 Å². The van der Waals surface area contributed by atoms with Crippen molar-refractivity contribution < 1.29 is 4.74 Å². The Labute approximate surface area is 107 Å². The van der Waals surface area contributed by atoms with E-state index in [4.69, 9.17) is 4.74 Å². The highest BCUT2D eigenvalue weighted by molar-refractivity contribution is 4.82. The number of rotatable bonds is 6. The molecule has 2 atom stereocenters. The summed E-state index contributed by atoms with van der Waals surface area (Å²) >= 11 is 0. The van der Waals surface area contributed by atoms with Crippen LogP contribution in [-0.2, 0) is 4.74 Å². The number of hydrogen-bond acceptors (Lipinski definition) is 3. The Morgan fingerprint density at radius 3 is 2.76 bits per heavy atom. The summed E-state index contributed by atoms with van der Waals surface area (Å²) in [6.07, 6.45) is 2.80. The molecule has 0 bridgehead atoms. The summed E-state index contributed by atoms with van der Waals surface area (Å²) in [6.45, 7) is 15.5. The van der Waals surface area contributed by atoms with Crippen molar-refractivity contribution in [2.24, 2.45) is 0 Å². The van der Waals surface area contributed by atoms with E-state index in [2.05, 4.69) is 44.8 Å². The van der Waals surface area contributed by atoms with Crippen LogP contribution in [0.1, 0.15) is 47.5 Å². The molecule has 102 valence electrons. The van der Waals surface area contributed by atoms with Gasteiger partial charge in [-0.15, -0.1) is 0 Å². The number of ether oxygens (including phenoxy) is 1. The highest BCUT2D eigenvalue weighted by Gasteiger charge is 2.30.